The van der Waals surface area contributed by atoms with Crippen molar-refractivity contribution < 1.29 is 14.7 Å². The Morgan fingerprint density at radius 3 is 1.90 bits per heavy atom. The number of carbonyl (C=O) groups excluding carboxylic acids is 2. The topological polar surface area (TPSA) is 57.6 Å². The van der Waals surface area contributed by atoms with Crippen molar-refractivity contribution in [3.63, 3.8) is 0 Å². The molecule has 0 aromatic heterocycles. The number of hydrogen-bond donors (Lipinski definition) is 1. The second-order valence-corrected chi connectivity index (χ2v) is 9.97. The number of anilines is 1. The standard InChI is InChI=1S/C25H31NO3/c1-8-15-9-10-20-17(11-15)21(27)23(29)26(20)14-16-12-18(24(2,3)4)22(28)19(13-16)25(5,6)7/h9-13,28H,8,14H2,1-7H3. The van der Waals surface area contributed by atoms with E-state index in [4.69, 9.17) is 0 Å². The first-order chi connectivity index (χ1) is 13.3. The summed E-state index contributed by atoms with van der Waals surface area (Å²) in [6, 6.07) is 9.58. The number of hydrogen-bond acceptors (Lipinski definition) is 3. The number of phenols is 1. The first-order valence-electron chi connectivity index (χ1n) is 10.2. The van der Waals surface area contributed by atoms with E-state index in [-0.39, 0.29) is 10.8 Å². The molecule has 29 heavy (non-hydrogen) atoms. The van der Waals surface area contributed by atoms with E-state index in [1.807, 2.05) is 37.3 Å². The molecule has 4 heteroatoms. The van der Waals surface area contributed by atoms with Crippen LogP contribution in [0.2, 0.25) is 0 Å². The highest BCUT2D eigenvalue weighted by atomic mass is 16.3. The van der Waals surface area contributed by atoms with E-state index in [0.717, 1.165) is 28.7 Å². The summed E-state index contributed by atoms with van der Waals surface area (Å²) in [5.74, 6) is -0.623. The lowest BCUT2D eigenvalue weighted by atomic mass is 9.78. The third-order valence-electron chi connectivity index (χ3n) is 5.57. The second kappa shape index (κ2) is 7.01. The van der Waals surface area contributed by atoms with Crippen LogP contribution in [0.4, 0.5) is 5.69 Å². The number of ketones is 1. The predicted molar refractivity (Wildman–Crippen MR) is 117 cm³/mol. The molecular weight excluding hydrogens is 362 g/mol. The van der Waals surface area contributed by atoms with Crippen molar-refractivity contribution in [2.75, 3.05) is 4.90 Å². The Balaban J connectivity index is 2.10. The lowest BCUT2D eigenvalue weighted by molar-refractivity contribution is -0.114. The summed E-state index contributed by atoms with van der Waals surface area (Å²) in [4.78, 5) is 26.8. The first kappa shape index (κ1) is 21.1. The fraction of sp³-hybridized carbons (Fsp3) is 0.440. The lowest BCUT2D eigenvalue weighted by Crippen LogP contribution is -2.29. The molecule has 0 unspecified atom stereocenters. The highest BCUT2D eigenvalue weighted by Gasteiger charge is 2.36. The van der Waals surface area contributed by atoms with Gasteiger partial charge in [0.15, 0.2) is 0 Å². The number of Topliss-reactive ketones (excluding diaryl/α,β-unsaturated/α-hetero) is 1. The number of aromatic hydroxyl groups is 1. The molecule has 0 fully saturated rings. The van der Waals surface area contributed by atoms with E-state index in [0.29, 0.717) is 23.5 Å². The van der Waals surface area contributed by atoms with E-state index >= 15 is 0 Å². The van der Waals surface area contributed by atoms with Gasteiger partial charge in [0.1, 0.15) is 5.75 Å². The molecule has 0 spiro atoms. The molecule has 2 aromatic rings. The average molecular weight is 394 g/mol. The first-order valence-corrected chi connectivity index (χ1v) is 10.2. The minimum atomic E-state index is -0.490. The smallest absolute Gasteiger partial charge is 0.299 e. The summed E-state index contributed by atoms with van der Waals surface area (Å²) < 4.78 is 0. The molecule has 0 saturated heterocycles. The van der Waals surface area contributed by atoms with Crippen LogP contribution in [0.5, 0.6) is 5.75 Å². The zero-order valence-corrected chi connectivity index (χ0v) is 18.5. The largest absolute Gasteiger partial charge is 0.507 e. The third-order valence-corrected chi connectivity index (χ3v) is 5.57. The summed E-state index contributed by atoms with van der Waals surface area (Å²) in [5.41, 5.74) is 4.30. The minimum absolute atomic E-state index is 0.251. The van der Waals surface area contributed by atoms with Crippen LogP contribution in [0.15, 0.2) is 30.3 Å². The predicted octanol–water partition coefficient (Wildman–Crippen LogP) is 5.28. The number of aryl methyl sites for hydroxylation is 1. The summed E-state index contributed by atoms with van der Waals surface area (Å²) in [7, 11) is 0. The average Bonchev–Trinajstić information content (AvgIpc) is 2.85. The van der Waals surface area contributed by atoms with Gasteiger partial charge in [-0.2, -0.15) is 0 Å². The van der Waals surface area contributed by atoms with E-state index < -0.39 is 11.7 Å². The lowest BCUT2D eigenvalue weighted by Gasteiger charge is -2.29. The zero-order chi connectivity index (χ0) is 21.7. The molecule has 4 nitrogen and oxygen atoms in total. The van der Waals surface area contributed by atoms with Crippen LogP contribution < -0.4 is 4.90 Å². The van der Waals surface area contributed by atoms with Gasteiger partial charge in [-0.25, -0.2) is 0 Å². The van der Waals surface area contributed by atoms with Crippen molar-refractivity contribution >= 4 is 17.4 Å². The Hall–Kier alpha value is -2.62. The van der Waals surface area contributed by atoms with Gasteiger partial charge >= 0.3 is 0 Å². The van der Waals surface area contributed by atoms with Crippen LogP contribution in [-0.2, 0) is 28.6 Å². The van der Waals surface area contributed by atoms with Crippen LogP contribution in [0.25, 0.3) is 0 Å². The van der Waals surface area contributed by atoms with Crippen molar-refractivity contribution in [3.8, 4) is 5.75 Å². The number of carbonyl (C=O) groups is 2. The number of rotatable bonds is 3. The van der Waals surface area contributed by atoms with E-state index in [1.54, 1.807) is 4.90 Å². The highest BCUT2D eigenvalue weighted by molar-refractivity contribution is 6.52. The molecule has 1 aliphatic rings. The monoisotopic (exact) mass is 393 g/mol. The molecule has 3 rings (SSSR count). The van der Waals surface area contributed by atoms with Crippen LogP contribution >= 0.6 is 0 Å². The minimum Gasteiger partial charge on any atom is -0.507 e. The van der Waals surface area contributed by atoms with Crippen LogP contribution in [0.3, 0.4) is 0 Å². The molecule has 1 N–H and O–H groups in total. The van der Waals surface area contributed by atoms with Gasteiger partial charge < -0.3 is 10.0 Å². The number of fused-ring (bicyclic) bond motifs is 1. The zero-order valence-electron chi connectivity index (χ0n) is 18.5. The Kier molecular flexibility index (Phi) is 5.10. The maximum atomic E-state index is 12.7. The van der Waals surface area contributed by atoms with Gasteiger partial charge in [0.25, 0.3) is 11.7 Å². The van der Waals surface area contributed by atoms with Gasteiger partial charge in [0.2, 0.25) is 0 Å². The molecule has 1 amide bonds. The number of phenolic OH excluding ortho intramolecular Hbond substituents is 1. The Labute approximate surface area is 173 Å². The Morgan fingerprint density at radius 1 is 0.862 bits per heavy atom. The normalized spacial score (nSPS) is 14.5. The van der Waals surface area contributed by atoms with Crippen molar-refractivity contribution in [2.24, 2.45) is 0 Å². The molecule has 2 aromatic carbocycles. The van der Waals surface area contributed by atoms with Gasteiger partial charge in [0.05, 0.1) is 17.8 Å². The summed E-state index contributed by atoms with van der Waals surface area (Å²) in [5, 5.41) is 10.9. The van der Waals surface area contributed by atoms with Crippen LogP contribution in [0.1, 0.15) is 81.1 Å². The highest BCUT2D eigenvalue weighted by Crippen LogP contribution is 2.40. The van der Waals surface area contributed by atoms with E-state index in [9.17, 15) is 14.7 Å². The molecule has 0 saturated carbocycles. The van der Waals surface area contributed by atoms with Gasteiger partial charge in [0, 0.05) is 0 Å². The van der Waals surface area contributed by atoms with Gasteiger partial charge in [-0.05, 0) is 63.8 Å². The fourth-order valence-electron chi connectivity index (χ4n) is 3.84. The molecule has 0 aliphatic carbocycles. The Morgan fingerprint density at radius 2 is 1.41 bits per heavy atom. The van der Waals surface area contributed by atoms with Crippen molar-refractivity contribution in [1.29, 1.82) is 0 Å². The molecule has 1 heterocycles. The van der Waals surface area contributed by atoms with Gasteiger partial charge in [-0.15, -0.1) is 0 Å². The SMILES string of the molecule is CCc1ccc2c(c1)C(=O)C(=O)N2Cc1cc(C(C)(C)C)c(O)c(C(C)(C)C)c1. The number of benzene rings is 2. The maximum absolute atomic E-state index is 12.7. The second-order valence-electron chi connectivity index (χ2n) is 9.97. The number of amides is 1. The number of nitrogens with zero attached hydrogens (tertiary/aromatic N) is 1. The molecule has 0 radical (unpaired) electrons. The van der Waals surface area contributed by atoms with Crippen LogP contribution in [0, 0.1) is 0 Å². The summed E-state index contributed by atoms with van der Waals surface area (Å²) >= 11 is 0. The molecule has 154 valence electrons. The van der Waals surface area contributed by atoms with E-state index in [2.05, 4.69) is 41.5 Å². The molecule has 1 aliphatic heterocycles. The molecule has 0 bridgehead atoms. The summed E-state index contributed by atoms with van der Waals surface area (Å²) in [6.45, 7) is 14.7. The molecular formula is C25H31NO3. The quantitative estimate of drug-likeness (QED) is 0.722. The van der Waals surface area contributed by atoms with Crippen LogP contribution in [-0.4, -0.2) is 16.8 Å². The van der Waals surface area contributed by atoms with Crippen molar-refractivity contribution in [1.82, 2.24) is 0 Å². The van der Waals surface area contributed by atoms with Gasteiger partial charge in [-0.3, -0.25) is 9.59 Å². The van der Waals surface area contributed by atoms with Crippen molar-refractivity contribution in [3.05, 3.63) is 58.1 Å². The van der Waals surface area contributed by atoms with Crippen molar-refractivity contribution in [2.45, 2.75) is 72.3 Å². The fourth-order valence-corrected chi connectivity index (χ4v) is 3.84. The Bertz CT molecular complexity index is 955. The third kappa shape index (κ3) is 3.81. The molecule has 0 atom stereocenters. The van der Waals surface area contributed by atoms with E-state index in [1.165, 1.54) is 0 Å². The maximum Gasteiger partial charge on any atom is 0.299 e. The summed E-state index contributed by atoms with van der Waals surface area (Å²) in [6.07, 6.45) is 0.816. The van der Waals surface area contributed by atoms with Gasteiger partial charge in [-0.1, -0.05) is 54.5 Å².